The minimum absolute atomic E-state index is 0.0498. The topological polar surface area (TPSA) is 32.3 Å². The Hall–Kier alpha value is -2.58. The summed E-state index contributed by atoms with van der Waals surface area (Å²) in [5, 5.41) is 14.1. The Kier molecular flexibility index (Phi) is 5.07. The van der Waals surface area contributed by atoms with Gasteiger partial charge >= 0.3 is 0 Å². The summed E-state index contributed by atoms with van der Waals surface area (Å²) < 4.78 is 0. The van der Waals surface area contributed by atoms with Crippen molar-refractivity contribution in [2.75, 3.05) is 5.32 Å². The highest BCUT2D eigenvalue weighted by Crippen LogP contribution is 2.29. The molecule has 0 aliphatic carbocycles. The van der Waals surface area contributed by atoms with E-state index in [2.05, 4.69) is 17.4 Å². The van der Waals surface area contributed by atoms with Crippen molar-refractivity contribution in [3.63, 3.8) is 0 Å². The molecule has 3 aromatic carbocycles. The summed E-state index contributed by atoms with van der Waals surface area (Å²) in [4.78, 5) is 0. The van der Waals surface area contributed by atoms with Crippen molar-refractivity contribution >= 4 is 5.69 Å². The number of nitrogens with one attached hydrogen (secondary N) is 1. The molecule has 0 radical (unpaired) electrons. The smallest absolute Gasteiger partial charge is 0.0812 e. The normalized spacial score (nSPS) is 13.3. The maximum absolute atomic E-state index is 10.6. The van der Waals surface area contributed by atoms with E-state index in [-0.39, 0.29) is 6.04 Å². The number of hydrogen-bond acceptors (Lipinski definition) is 2. The number of hydrogen-bond donors (Lipinski definition) is 2. The van der Waals surface area contributed by atoms with E-state index < -0.39 is 6.10 Å². The van der Waals surface area contributed by atoms with Gasteiger partial charge in [0.15, 0.2) is 0 Å². The summed E-state index contributed by atoms with van der Waals surface area (Å²) in [6.07, 6.45) is 0.112. The van der Waals surface area contributed by atoms with Gasteiger partial charge in [-0.3, -0.25) is 0 Å². The molecule has 0 saturated heterocycles. The van der Waals surface area contributed by atoms with Crippen LogP contribution in [0, 0.1) is 0 Å². The highest BCUT2D eigenvalue weighted by Gasteiger charge is 2.17. The highest BCUT2D eigenvalue weighted by atomic mass is 16.3. The number of aliphatic hydroxyl groups excluding tert-OH is 1. The Morgan fingerprint density at radius 1 is 0.652 bits per heavy atom. The van der Waals surface area contributed by atoms with Gasteiger partial charge in [0.1, 0.15) is 0 Å². The van der Waals surface area contributed by atoms with Crippen LogP contribution in [0.4, 0.5) is 5.69 Å². The molecule has 0 aliphatic rings. The first-order valence-corrected chi connectivity index (χ1v) is 7.92. The molecule has 23 heavy (non-hydrogen) atoms. The second-order valence-electron chi connectivity index (χ2n) is 5.64. The molecule has 0 aromatic heterocycles. The van der Waals surface area contributed by atoms with Crippen molar-refractivity contribution in [3.05, 3.63) is 102 Å². The van der Waals surface area contributed by atoms with E-state index in [4.69, 9.17) is 0 Å². The Morgan fingerprint density at radius 3 is 1.70 bits per heavy atom. The third-order valence-corrected chi connectivity index (χ3v) is 3.96. The molecule has 0 heterocycles. The van der Waals surface area contributed by atoms with Crippen molar-refractivity contribution in [2.45, 2.75) is 18.6 Å². The highest BCUT2D eigenvalue weighted by molar-refractivity contribution is 5.45. The molecule has 3 rings (SSSR count). The molecule has 3 aromatic rings. The monoisotopic (exact) mass is 303 g/mol. The number of para-hydroxylation sites is 1. The van der Waals surface area contributed by atoms with Gasteiger partial charge in [0, 0.05) is 12.1 Å². The zero-order valence-electron chi connectivity index (χ0n) is 13.0. The fraction of sp³-hybridized carbons (Fsp3) is 0.143. The zero-order valence-corrected chi connectivity index (χ0v) is 13.0. The Labute approximate surface area is 137 Å². The van der Waals surface area contributed by atoms with Crippen LogP contribution in [-0.4, -0.2) is 5.11 Å². The van der Waals surface area contributed by atoms with E-state index in [0.29, 0.717) is 6.42 Å². The van der Waals surface area contributed by atoms with Crippen LogP contribution in [-0.2, 0) is 0 Å². The number of aliphatic hydroxyl groups is 1. The van der Waals surface area contributed by atoms with Gasteiger partial charge in [-0.25, -0.2) is 0 Å². The summed E-state index contributed by atoms with van der Waals surface area (Å²) in [6, 6.07) is 30.3. The fourth-order valence-corrected chi connectivity index (χ4v) is 2.73. The Bertz CT molecular complexity index is 698. The van der Waals surface area contributed by atoms with Crippen LogP contribution in [0.15, 0.2) is 91.0 Å². The average molecular weight is 303 g/mol. The van der Waals surface area contributed by atoms with E-state index in [1.165, 1.54) is 5.56 Å². The molecule has 0 aliphatic heterocycles. The van der Waals surface area contributed by atoms with Gasteiger partial charge in [-0.1, -0.05) is 78.9 Å². The first-order valence-electron chi connectivity index (χ1n) is 7.92. The summed E-state index contributed by atoms with van der Waals surface area (Å²) in [5.41, 5.74) is 3.18. The van der Waals surface area contributed by atoms with E-state index in [1.54, 1.807) is 0 Å². The maximum Gasteiger partial charge on any atom is 0.0812 e. The third-order valence-electron chi connectivity index (χ3n) is 3.96. The van der Waals surface area contributed by atoms with E-state index >= 15 is 0 Å². The van der Waals surface area contributed by atoms with E-state index in [1.807, 2.05) is 78.9 Å². The van der Waals surface area contributed by atoms with E-state index in [9.17, 15) is 5.11 Å². The summed E-state index contributed by atoms with van der Waals surface area (Å²) in [7, 11) is 0. The SMILES string of the molecule is OC(CC(Nc1ccccc1)c1ccccc1)c1ccccc1. The molecule has 2 unspecified atom stereocenters. The van der Waals surface area contributed by atoms with Gasteiger partial charge in [0.05, 0.1) is 12.1 Å². The summed E-state index contributed by atoms with van der Waals surface area (Å²) in [5.74, 6) is 0. The summed E-state index contributed by atoms with van der Waals surface area (Å²) >= 11 is 0. The van der Waals surface area contributed by atoms with Crippen molar-refractivity contribution in [1.82, 2.24) is 0 Å². The second kappa shape index (κ2) is 7.61. The van der Waals surface area contributed by atoms with Crippen LogP contribution in [0.2, 0.25) is 0 Å². The molecule has 0 bridgehead atoms. The predicted molar refractivity (Wildman–Crippen MR) is 95.3 cm³/mol. The molecule has 2 N–H and O–H groups in total. The van der Waals surface area contributed by atoms with Gasteiger partial charge in [-0.2, -0.15) is 0 Å². The Balaban J connectivity index is 1.81. The van der Waals surface area contributed by atoms with Crippen LogP contribution in [0.3, 0.4) is 0 Å². The summed E-state index contributed by atoms with van der Waals surface area (Å²) in [6.45, 7) is 0. The van der Waals surface area contributed by atoms with E-state index in [0.717, 1.165) is 11.3 Å². The Morgan fingerprint density at radius 2 is 1.13 bits per heavy atom. The van der Waals surface area contributed by atoms with Crippen molar-refractivity contribution < 1.29 is 5.11 Å². The first kappa shape index (κ1) is 15.3. The van der Waals surface area contributed by atoms with Crippen LogP contribution >= 0.6 is 0 Å². The minimum atomic E-state index is -0.502. The van der Waals surface area contributed by atoms with Gasteiger partial charge in [0.25, 0.3) is 0 Å². The molecule has 2 heteroatoms. The lowest BCUT2D eigenvalue weighted by molar-refractivity contribution is 0.160. The molecule has 2 nitrogen and oxygen atoms in total. The second-order valence-corrected chi connectivity index (χ2v) is 5.64. The van der Waals surface area contributed by atoms with Crippen LogP contribution in [0.1, 0.15) is 29.7 Å². The minimum Gasteiger partial charge on any atom is -0.388 e. The zero-order chi connectivity index (χ0) is 15.9. The molecular formula is C21H21NO. The lowest BCUT2D eigenvalue weighted by Gasteiger charge is -2.23. The number of benzene rings is 3. The standard InChI is InChI=1S/C21H21NO/c23-21(18-12-6-2-7-13-18)16-20(17-10-4-1-5-11-17)22-19-14-8-3-9-15-19/h1-15,20-23H,16H2. The molecule has 0 amide bonds. The third kappa shape index (κ3) is 4.21. The lowest BCUT2D eigenvalue weighted by Crippen LogP contribution is -2.14. The molecule has 0 saturated carbocycles. The van der Waals surface area contributed by atoms with Crippen LogP contribution < -0.4 is 5.32 Å². The van der Waals surface area contributed by atoms with Gasteiger partial charge < -0.3 is 10.4 Å². The number of rotatable bonds is 6. The maximum atomic E-state index is 10.6. The molecule has 0 fully saturated rings. The molecule has 0 spiro atoms. The van der Waals surface area contributed by atoms with Gasteiger partial charge in [-0.05, 0) is 23.3 Å². The fourth-order valence-electron chi connectivity index (χ4n) is 2.73. The number of anilines is 1. The molecule has 2 atom stereocenters. The quantitative estimate of drug-likeness (QED) is 0.674. The van der Waals surface area contributed by atoms with Crippen molar-refractivity contribution in [1.29, 1.82) is 0 Å². The lowest BCUT2D eigenvalue weighted by atomic mass is 9.96. The largest absolute Gasteiger partial charge is 0.388 e. The van der Waals surface area contributed by atoms with Crippen LogP contribution in [0.5, 0.6) is 0 Å². The average Bonchev–Trinajstić information content (AvgIpc) is 2.63. The van der Waals surface area contributed by atoms with Crippen molar-refractivity contribution in [3.8, 4) is 0 Å². The van der Waals surface area contributed by atoms with Gasteiger partial charge in [-0.15, -0.1) is 0 Å². The predicted octanol–water partition coefficient (Wildman–Crippen LogP) is 4.96. The van der Waals surface area contributed by atoms with Crippen molar-refractivity contribution in [2.24, 2.45) is 0 Å². The van der Waals surface area contributed by atoms with Gasteiger partial charge in [0.2, 0.25) is 0 Å². The molecule has 116 valence electrons. The first-order chi connectivity index (χ1) is 11.3. The van der Waals surface area contributed by atoms with Crippen LogP contribution in [0.25, 0.3) is 0 Å². The molecular weight excluding hydrogens is 282 g/mol.